The lowest BCUT2D eigenvalue weighted by molar-refractivity contribution is 0.0952. The van der Waals surface area contributed by atoms with Crippen LogP contribution in [-0.2, 0) is 16.4 Å². The van der Waals surface area contributed by atoms with Crippen molar-refractivity contribution in [2.75, 3.05) is 19.7 Å². The van der Waals surface area contributed by atoms with Crippen LogP contribution in [0.15, 0.2) is 53.4 Å². The minimum absolute atomic E-state index is 0.0561. The van der Waals surface area contributed by atoms with Crippen molar-refractivity contribution in [1.82, 2.24) is 10.6 Å². The van der Waals surface area contributed by atoms with Crippen LogP contribution in [0.1, 0.15) is 36.7 Å². The largest absolute Gasteiger partial charge is 0.491 e. The third-order valence-corrected chi connectivity index (χ3v) is 5.31. The summed E-state index contributed by atoms with van der Waals surface area (Å²) in [5.41, 5.74) is 1.30. The van der Waals surface area contributed by atoms with E-state index < -0.39 is 16.1 Å². The molecule has 5 N–H and O–H groups in total. The van der Waals surface area contributed by atoms with Gasteiger partial charge in [0, 0.05) is 24.2 Å². The molecule has 0 fully saturated rings. The molecular weight excluding hydrogens is 418 g/mol. The smallest absolute Gasteiger partial charge is 0.251 e. The normalized spacial score (nSPS) is 12.9. The molecule has 0 aliphatic carbocycles. The summed E-state index contributed by atoms with van der Waals surface area (Å²) in [5, 5.41) is 21.1. The van der Waals surface area contributed by atoms with Crippen LogP contribution >= 0.6 is 0 Å². The topological polar surface area (TPSA) is 131 Å². The number of primary sulfonamides is 1. The molecule has 0 aliphatic rings. The van der Waals surface area contributed by atoms with Gasteiger partial charge in [0.05, 0.1) is 4.90 Å². The summed E-state index contributed by atoms with van der Waals surface area (Å²) in [6, 6.07) is 12.9. The highest BCUT2D eigenvalue weighted by Crippen LogP contribution is 2.13. The van der Waals surface area contributed by atoms with Crippen molar-refractivity contribution in [3.63, 3.8) is 0 Å². The van der Waals surface area contributed by atoms with Gasteiger partial charge in [-0.2, -0.15) is 0 Å². The number of nitrogens with one attached hydrogen (secondary N) is 2. The molecule has 2 rings (SSSR count). The van der Waals surface area contributed by atoms with Gasteiger partial charge in [-0.25, -0.2) is 13.6 Å². The molecule has 0 heterocycles. The van der Waals surface area contributed by atoms with Gasteiger partial charge in [0.1, 0.15) is 18.5 Å². The highest BCUT2D eigenvalue weighted by atomic mass is 32.2. The number of rotatable bonds is 10. The summed E-state index contributed by atoms with van der Waals surface area (Å²) in [7, 11) is -3.71. The zero-order valence-corrected chi connectivity index (χ0v) is 18.9. The molecule has 0 saturated carbocycles. The van der Waals surface area contributed by atoms with Crippen LogP contribution in [-0.4, -0.2) is 50.8 Å². The van der Waals surface area contributed by atoms with E-state index in [0.29, 0.717) is 30.8 Å². The van der Waals surface area contributed by atoms with Gasteiger partial charge in [-0.15, -0.1) is 0 Å². The average Bonchev–Trinajstić information content (AvgIpc) is 2.70. The molecule has 0 bridgehead atoms. The van der Waals surface area contributed by atoms with E-state index in [4.69, 9.17) is 9.88 Å². The standard InChI is InChI=1S/C22H31N3O5S/c1-22(2,3)25-14-18(26)15-30-19-8-6-17(7-9-19)21(27)24-13-12-16-4-10-20(11-5-16)31(23,28)29/h4-11,18,25-26H,12-15H2,1-3H3,(H,24,27)(H2,23,28,29). The molecule has 2 aromatic carbocycles. The predicted molar refractivity (Wildman–Crippen MR) is 120 cm³/mol. The monoisotopic (exact) mass is 449 g/mol. The van der Waals surface area contributed by atoms with Crippen molar-refractivity contribution in [2.24, 2.45) is 5.14 Å². The predicted octanol–water partition coefficient (Wildman–Crippen LogP) is 1.43. The molecule has 2 aromatic rings. The molecule has 9 heteroatoms. The molecule has 31 heavy (non-hydrogen) atoms. The van der Waals surface area contributed by atoms with Crippen molar-refractivity contribution >= 4 is 15.9 Å². The molecule has 1 amide bonds. The van der Waals surface area contributed by atoms with Gasteiger partial charge >= 0.3 is 0 Å². The van der Waals surface area contributed by atoms with Crippen molar-refractivity contribution in [3.8, 4) is 5.75 Å². The van der Waals surface area contributed by atoms with Crippen molar-refractivity contribution in [1.29, 1.82) is 0 Å². The Morgan fingerprint density at radius 1 is 1.10 bits per heavy atom. The zero-order valence-electron chi connectivity index (χ0n) is 18.1. The van der Waals surface area contributed by atoms with Gasteiger partial charge in [-0.1, -0.05) is 12.1 Å². The Balaban J connectivity index is 1.76. The maximum Gasteiger partial charge on any atom is 0.251 e. The minimum atomic E-state index is -3.71. The Hall–Kier alpha value is -2.46. The Labute approximate surface area is 183 Å². The highest BCUT2D eigenvalue weighted by Gasteiger charge is 2.13. The first kappa shape index (κ1) is 24.8. The molecule has 0 saturated heterocycles. The first-order valence-corrected chi connectivity index (χ1v) is 11.5. The van der Waals surface area contributed by atoms with Gasteiger partial charge in [-0.05, 0) is 69.2 Å². The lowest BCUT2D eigenvalue weighted by atomic mass is 10.1. The summed E-state index contributed by atoms with van der Waals surface area (Å²) in [6.45, 7) is 7.05. The maximum absolute atomic E-state index is 12.3. The quantitative estimate of drug-likeness (QED) is 0.434. The molecule has 1 unspecified atom stereocenters. The van der Waals surface area contributed by atoms with Crippen LogP contribution in [0.2, 0.25) is 0 Å². The maximum atomic E-state index is 12.3. The summed E-state index contributed by atoms with van der Waals surface area (Å²) < 4.78 is 28.1. The van der Waals surface area contributed by atoms with Crippen LogP contribution in [0.4, 0.5) is 0 Å². The number of sulfonamides is 1. The number of β-amino-alcohol motifs (C(OH)–C–C–N with tert-alkyl or cyclic N) is 1. The van der Waals surface area contributed by atoms with Crippen molar-refractivity contribution < 1.29 is 23.1 Å². The molecule has 0 radical (unpaired) electrons. The minimum Gasteiger partial charge on any atom is -0.491 e. The number of carbonyl (C=O) groups is 1. The molecule has 1 atom stereocenters. The van der Waals surface area contributed by atoms with Crippen molar-refractivity contribution in [3.05, 3.63) is 59.7 Å². The SMILES string of the molecule is CC(C)(C)NCC(O)COc1ccc(C(=O)NCCc2ccc(S(N)(=O)=O)cc2)cc1. The number of hydrogen-bond donors (Lipinski definition) is 4. The Morgan fingerprint density at radius 2 is 1.71 bits per heavy atom. The second kappa shape index (κ2) is 10.7. The summed E-state index contributed by atoms with van der Waals surface area (Å²) in [4.78, 5) is 12.3. The molecule has 8 nitrogen and oxygen atoms in total. The fraction of sp³-hybridized carbons (Fsp3) is 0.409. The van der Waals surface area contributed by atoms with E-state index >= 15 is 0 Å². The zero-order chi connectivity index (χ0) is 23.1. The van der Waals surface area contributed by atoms with E-state index in [1.807, 2.05) is 20.8 Å². The third kappa shape index (κ3) is 9.06. The Bertz CT molecular complexity index is 952. The van der Waals surface area contributed by atoms with Gasteiger partial charge < -0.3 is 20.5 Å². The highest BCUT2D eigenvalue weighted by molar-refractivity contribution is 7.89. The van der Waals surface area contributed by atoms with E-state index in [0.717, 1.165) is 5.56 Å². The van der Waals surface area contributed by atoms with E-state index in [9.17, 15) is 18.3 Å². The Morgan fingerprint density at radius 3 is 2.26 bits per heavy atom. The molecule has 0 aromatic heterocycles. The first-order chi connectivity index (χ1) is 14.4. The van der Waals surface area contributed by atoms with Gasteiger partial charge in [0.15, 0.2) is 0 Å². The molecule has 0 spiro atoms. The number of aliphatic hydroxyl groups is 1. The molecular formula is C22H31N3O5S. The molecule has 170 valence electrons. The van der Waals surface area contributed by atoms with E-state index in [2.05, 4.69) is 10.6 Å². The van der Waals surface area contributed by atoms with Crippen LogP contribution < -0.4 is 20.5 Å². The van der Waals surface area contributed by atoms with E-state index in [1.54, 1.807) is 36.4 Å². The van der Waals surface area contributed by atoms with E-state index in [-0.39, 0.29) is 22.9 Å². The fourth-order valence-corrected chi connectivity index (χ4v) is 3.16. The Kier molecular flexibility index (Phi) is 8.58. The molecule has 0 aliphatic heterocycles. The second-order valence-electron chi connectivity index (χ2n) is 8.31. The van der Waals surface area contributed by atoms with Crippen LogP contribution in [0.5, 0.6) is 5.75 Å². The van der Waals surface area contributed by atoms with Crippen LogP contribution in [0.3, 0.4) is 0 Å². The second-order valence-corrected chi connectivity index (χ2v) is 9.88. The van der Waals surface area contributed by atoms with Crippen LogP contribution in [0, 0.1) is 0 Å². The number of nitrogens with two attached hydrogens (primary N) is 1. The number of amides is 1. The van der Waals surface area contributed by atoms with Gasteiger partial charge in [0.2, 0.25) is 10.0 Å². The number of benzene rings is 2. The average molecular weight is 450 g/mol. The first-order valence-electron chi connectivity index (χ1n) is 10.00. The summed E-state index contributed by atoms with van der Waals surface area (Å²) in [6.07, 6.45) is -0.0839. The number of carbonyl (C=O) groups excluding carboxylic acids is 1. The fourth-order valence-electron chi connectivity index (χ4n) is 2.65. The number of aliphatic hydroxyl groups excluding tert-OH is 1. The number of hydrogen-bond acceptors (Lipinski definition) is 6. The number of ether oxygens (including phenoxy) is 1. The lowest BCUT2D eigenvalue weighted by Gasteiger charge is -2.22. The van der Waals surface area contributed by atoms with Gasteiger partial charge in [0.25, 0.3) is 5.91 Å². The lowest BCUT2D eigenvalue weighted by Crippen LogP contribution is -2.42. The van der Waals surface area contributed by atoms with Crippen LogP contribution in [0.25, 0.3) is 0 Å². The third-order valence-electron chi connectivity index (χ3n) is 4.38. The van der Waals surface area contributed by atoms with Gasteiger partial charge in [-0.3, -0.25) is 4.79 Å². The van der Waals surface area contributed by atoms with Crippen molar-refractivity contribution in [2.45, 2.75) is 43.7 Å². The van der Waals surface area contributed by atoms with E-state index in [1.165, 1.54) is 12.1 Å². The summed E-state index contributed by atoms with van der Waals surface area (Å²) >= 11 is 0. The summed E-state index contributed by atoms with van der Waals surface area (Å²) in [5.74, 6) is 0.350.